The number of ether oxygens (including phenoxy) is 2. The van der Waals surface area contributed by atoms with Crippen molar-refractivity contribution in [3.8, 4) is 5.75 Å². The highest BCUT2D eigenvalue weighted by Crippen LogP contribution is 2.17. The predicted octanol–water partition coefficient (Wildman–Crippen LogP) is 2.77. The van der Waals surface area contributed by atoms with E-state index in [1.807, 2.05) is 18.2 Å². The summed E-state index contributed by atoms with van der Waals surface area (Å²) in [6, 6.07) is 8.16. The van der Waals surface area contributed by atoms with Crippen molar-refractivity contribution < 1.29 is 9.47 Å². The van der Waals surface area contributed by atoms with Gasteiger partial charge in [-0.2, -0.15) is 0 Å². The van der Waals surface area contributed by atoms with Gasteiger partial charge in [-0.3, -0.25) is 0 Å². The Labute approximate surface area is 110 Å². The molecule has 0 spiro atoms. The standard InChI is InChI=1S/C15H25NO2/c1-2-14-8-4-5-9-15(14)18-13-12-17-11-7-3-6-10-16/h4-5,8-9H,2-3,6-7,10-13,16H2,1H3. The van der Waals surface area contributed by atoms with Gasteiger partial charge in [0.15, 0.2) is 0 Å². The van der Waals surface area contributed by atoms with Crippen LogP contribution in [0.2, 0.25) is 0 Å². The highest BCUT2D eigenvalue weighted by Gasteiger charge is 1.99. The fourth-order valence-corrected chi connectivity index (χ4v) is 1.77. The minimum Gasteiger partial charge on any atom is -0.491 e. The smallest absolute Gasteiger partial charge is 0.122 e. The zero-order valence-corrected chi connectivity index (χ0v) is 11.4. The third kappa shape index (κ3) is 6.03. The minimum atomic E-state index is 0.619. The van der Waals surface area contributed by atoms with Crippen LogP contribution < -0.4 is 10.5 Å². The Morgan fingerprint density at radius 1 is 1.00 bits per heavy atom. The molecule has 1 rings (SSSR count). The van der Waals surface area contributed by atoms with E-state index in [9.17, 15) is 0 Å². The predicted molar refractivity (Wildman–Crippen MR) is 75.0 cm³/mol. The van der Waals surface area contributed by atoms with Crippen LogP contribution in [0.15, 0.2) is 24.3 Å². The second-order valence-corrected chi connectivity index (χ2v) is 4.27. The van der Waals surface area contributed by atoms with Gasteiger partial charge in [-0.05, 0) is 43.9 Å². The molecule has 3 nitrogen and oxygen atoms in total. The Balaban J connectivity index is 2.07. The number of para-hydroxylation sites is 1. The Morgan fingerprint density at radius 3 is 2.61 bits per heavy atom. The van der Waals surface area contributed by atoms with E-state index >= 15 is 0 Å². The van der Waals surface area contributed by atoms with Gasteiger partial charge in [0, 0.05) is 6.61 Å². The molecule has 0 saturated heterocycles. The van der Waals surface area contributed by atoms with Crippen LogP contribution in [-0.4, -0.2) is 26.4 Å². The van der Waals surface area contributed by atoms with Crippen molar-refractivity contribution in [3.63, 3.8) is 0 Å². The molecule has 18 heavy (non-hydrogen) atoms. The summed E-state index contributed by atoms with van der Waals surface area (Å²) in [7, 11) is 0. The largest absolute Gasteiger partial charge is 0.491 e. The molecular weight excluding hydrogens is 226 g/mol. The fraction of sp³-hybridized carbons (Fsp3) is 0.600. The molecule has 3 heteroatoms. The quantitative estimate of drug-likeness (QED) is 0.650. The maximum atomic E-state index is 5.71. The van der Waals surface area contributed by atoms with Crippen LogP contribution in [-0.2, 0) is 11.2 Å². The van der Waals surface area contributed by atoms with Crippen LogP contribution in [0.4, 0.5) is 0 Å². The van der Waals surface area contributed by atoms with Gasteiger partial charge in [-0.1, -0.05) is 25.1 Å². The summed E-state index contributed by atoms with van der Waals surface area (Å²) in [6.07, 6.45) is 4.32. The van der Waals surface area contributed by atoms with Crippen molar-refractivity contribution in [1.29, 1.82) is 0 Å². The lowest BCUT2D eigenvalue weighted by Crippen LogP contribution is -2.08. The first-order chi connectivity index (χ1) is 8.88. The van der Waals surface area contributed by atoms with Gasteiger partial charge in [-0.15, -0.1) is 0 Å². The molecule has 2 N–H and O–H groups in total. The second kappa shape index (κ2) is 9.92. The zero-order valence-electron chi connectivity index (χ0n) is 11.4. The maximum Gasteiger partial charge on any atom is 0.122 e. The summed E-state index contributed by atoms with van der Waals surface area (Å²) in [6.45, 7) is 4.99. The Kier molecular flexibility index (Phi) is 8.26. The number of rotatable bonds is 10. The molecule has 1 aromatic carbocycles. The fourth-order valence-electron chi connectivity index (χ4n) is 1.77. The van der Waals surface area contributed by atoms with Crippen LogP contribution in [0.1, 0.15) is 31.7 Å². The van der Waals surface area contributed by atoms with Gasteiger partial charge in [0.05, 0.1) is 6.61 Å². The van der Waals surface area contributed by atoms with E-state index in [-0.39, 0.29) is 0 Å². The van der Waals surface area contributed by atoms with Crippen LogP contribution in [0.5, 0.6) is 5.75 Å². The SMILES string of the molecule is CCc1ccccc1OCCOCCCCCN. The Bertz CT molecular complexity index is 315. The molecule has 0 aromatic heterocycles. The number of hydrogen-bond donors (Lipinski definition) is 1. The van der Waals surface area contributed by atoms with E-state index < -0.39 is 0 Å². The van der Waals surface area contributed by atoms with Gasteiger partial charge in [0.2, 0.25) is 0 Å². The summed E-state index contributed by atoms with van der Waals surface area (Å²) < 4.78 is 11.2. The minimum absolute atomic E-state index is 0.619. The van der Waals surface area contributed by atoms with Gasteiger partial charge >= 0.3 is 0 Å². The normalized spacial score (nSPS) is 10.6. The Hall–Kier alpha value is -1.06. The van der Waals surface area contributed by atoms with Crippen molar-refractivity contribution in [2.45, 2.75) is 32.6 Å². The summed E-state index contributed by atoms with van der Waals surface area (Å²) in [5.41, 5.74) is 6.67. The van der Waals surface area contributed by atoms with Gasteiger partial charge in [-0.25, -0.2) is 0 Å². The first kappa shape index (κ1) is 15.0. The molecule has 0 fully saturated rings. The number of benzene rings is 1. The molecule has 1 aromatic rings. The van der Waals surface area contributed by atoms with Crippen molar-refractivity contribution >= 4 is 0 Å². The first-order valence-electron chi connectivity index (χ1n) is 6.87. The van der Waals surface area contributed by atoms with Gasteiger partial charge in [0.25, 0.3) is 0 Å². The number of unbranched alkanes of at least 4 members (excludes halogenated alkanes) is 2. The van der Waals surface area contributed by atoms with Gasteiger partial charge < -0.3 is 15.2 Å². The number of aryl methyl sites for hydroxylation is 1. The highest BCUT2D eigenvalue weighted by atomic mass is 16.5. The van der Waals surface area contributed by atoms with Crippen molar-refractivity contribution in [2.24, 2.45) is 5.73 Å². The third-order valence-electron chi connectivity index (χ3n) is 2.83. The third-order valence-corrected chi connectivity index (χ3v) is 2.83. The average Bonchev–Trinajstić information content (AvgIpc) is 2.42. The topological polar surface area (TPSA) is 44.5 Å². The van der Waals surface area contributed by atoms with Crippen LogP contribution in [0, 0.1) is 0 Å². The molecule has 0 saturated carbocycles. The summed E-state index contributed by atoms with van der Waals surface area (Å²) in [5.74, 6) is 0.978. The number of hydrogen-bond acceptors (Lipinski definition) is 3. The van der Waals surface area contributed by atoms with E-state index in [4.69, 9.17) is 15.2 Å². The summed E-state index contributed by atoms with van der Waals surface area (Å²) >= 11 is 0. The molecule has 0 heterocycles. The average molecular weight is 251 g/mol. The zero-order chi connectivity index (χ0) is 13.1. The van der Waals surface area contributed by atoms with Crippen molar-refractivity contribution in [1.82, 2.24) is 0 Å². The van der Waals surface area contributed by atoms with Crippen LogP contribution >= 0.6 is 0 Å². The lowest BCUT2D eigenvalue weighted by Gasteiger charge is -2.10. The number of nitrogens with two attached hydrogens (primary N) is 1. The van der Waals surface area contributed by atoms with Gasteiger partial charge in [0.1, 0.15) is 12.4 Å². The van der Waals surface area contributed by atoms with Crippen LogP contribution in [0.25, 0.3) is 0 Å². The molecule has 0 aliphatic rings. The second-order valence-electron chi connectivity index (χ2n) is 4.27. The molecule has 0 aliphatic heterocycles. The van der Waals surface area contributed by atoms with Crippen molar-refractivity contribution in [3.05, 3.63) is 29.8 Å². The van der Waals surface area contributed by atoms with E-state index in [1.165, 1.54) is 5.56 Å². The molecule has 0 aliphatic carbocycles. The molecule has 0 atom stereocenters. The first-order valence-corrected chi connectivity index (χ1v) is 6.87. The molecule has 0 amide bonds. The lowest BCUT2D eigenvalue weighted by molar-refractivity contribution is 0.0969. The van der Waals surface area contributed by atoms with E-state index in [2.05, 4.69) is 13.0 Å². The van der Waals surface area contributed by atoms with E-state index in [1.54, 1.807) is 0 Å². The molecule has 0 unspecified atom stereocenters. The maximum absolute atomic E-state index is 5.71. The highest BCUT2D eigenvalue weighted by molar-refractivity contribution is 5.33. The van der Waals surface area contributed by atoms with Crippen LogP contribution in [0.3, 0.4) is 0 Å². The Morgan fingerprint density at radius 2 is 1.83 bits per heavy atom. The summed E-state index contributed by atoms with van der Waals surface area (Å²) in [5, 5.41) is 0. The van der Waals surface area contributed by atoms with E-state index in [0.29, 0.717) is 13.2 Å². The molecular formula is C15H25NO2. The monoisotopic (exact) mass is 251 g/mol. The molecule has 0 radical (unpaired) electrons. The van der Waals surface area contributed by atoms with Crippen molar-refractivity contribution in [2.75, 3.05) is 26.4 Å². The molecule has 0 bridgehead atoms. The lowest BCUT2D eigenvalue weighted by atomic mass is 10.1. The summed E-state index contributed by atoms with van der Waals surface area (Å²) in [4.78, 5) is 0. The van der Waals surface area contributed by atoms with E-state index in [0.717, 1.165) is 44.6 Å². The molecule has 102 valence electrons.